The van der Waals surface area contributed by atoms with E-state index in [4.69, 9.17) is 9.47 Å². The smallest absolute Gasteiger partial charge is 0.338 e. The Labute approximate surface area is 189 Å². The summed E-state index contributed by atoms with van der Waals surface area (Å²) in [6, 6.07) is 12.7. The van der Waals surface area contributed by atoms with E-state index >= 15 is 0 Å². The molecule has 1 N–H and O–H groups in total. The van der Waals surface area contributed by atoms with Crippen LogP contribution in [0.1, 0.15) is 44.0 Å². The summed E-state index contributed by atoms with van der Waals surface area (Å²) in [4.78, 5) is 24.5. The molecule has 0 atom stereocenters. The van der Waals surface area contributed by atoms with Crippen LogP contribution in [-0.2, 0) is 19.6 Å². The lowest BCUT2D eigenvalue weighted by molar-refractivity contribution is -0.114. The SMILES string of the molecule is CCCCOC(=O)c1ccc(NC(=O)CN(c2ccc(OC(C)C)cc2)S(C)(=O)=O)cc1. The van der Waals surface area contributed by atoms with E-state index < -0.39 is 28.4 Å². The minimum atomic E-state index is -3.70. The van der Waals surface area contributed by atoms with E-state index in [0.717, 1.165) is 23.4 Å². The van der Waals surface area contributed by atoms with Gasteiger partial charge in [0.1, 0.15) is 12.3 Å². The summed E-state index contributed by atoms with van der Waals surface area (Å²) in [6.07, 6.45) is 2.75. The number of benzene rings is 2. The van der Waals surface area contributed by atoms with Crippen molar-refractivity contribution in [3.8, 4) is 5.75 Å². The summed E-state index contributed by atoms with van der Waals surface area (Å²) in [5.41, 5.74) is 1.17. The van der Waals surface area contributed by atoms with Crippen molar-refractivity contribution in [1.82, 2.24) is 0 Å². The average molecular weight is 463 g/mol. The van der Waals surface area contributed by atoms with Crippen molar-refractivity contribution in [3.05, 3.63) is 54.1 Å². The largest absolute Gasteiger partial charge is 0.491 e. The van der Waals surface area contributed by atoms with E-state index in [1.807, 2.05) is 20.8 Å². The standard InChI is InChI=1S/C23H30N2O6S/c1-5-6-15-30-23(27)18-7-9-19(10-8-18)24-22(26)16-25(32(4,28)29)20-11-13-21(14-12-20)31-17(2)3/h7-14,17H,5-6,15-16H2,1-4H3,(H,24,26). The summed E-state index contributed by atoms with van der Waals surface area (Å²) in [5.74, 6) is -0.337. The minimum absolute atomic E-state index is 0.0118. The van der Waals surface area contributed by atoms with Crippen molar-refractivity contribution in [2.75, 3.05) is 29.0 Å². The molecule has 0 aliphatic heterocycles. The first kappa shape index (κ1) is 25.2. The van der Waals surface area contributed by atoms with Crippen molar-refractivity contribution < 1.29 is 27.5 Å². The maximum Gasteiger partial charge on any atom is 0.338 e. The fraction of sp³-hybridized carbons (Fsp3) is 0.391. The molecule has 174 valence electrons. The predicted octanol–water partition coefficient (Wildman–Crippen LogP) is 3.84. The molecule has 0 aliphatic rings. The molecule has 0 fully saturated rings. The summed E-state index contributed by atoms with van der Waals surface area (Å²) in [5, 5.41) is 2.65. The number of ether oxygens (including phenoxy) is 2. The monoisotopic (exact) mass is 462 g/mol. The number of unbranched alkanes of at least 4 members (excludes halogenated alkanes) is 1. The molecule has 0 radical (unpaired) electrons. The zero-order chi connectivity index (χ0) is 23.7. The number of anilines is 2. The highest BCUT2D eigenvalue weighted by Crippen LogP contribution is 2.22. The summed E-state index contributed by atoms with van der Waals surface area (Å²) < 4.78 is 36.3. The zero-order valence-electron chi connectivity index (χ0n) is 18.8. The third-order valence-electron chi connectivity index (χ3n) is 4.32. The summed E-state index contributed by atoms with van der Waals surface area (Å²) >= 11 is 0. The maximum absolute atomic E-state index is 12.5. The molecule has 1 amide bonds. The van der Waals surface area contributed by atoms with Crippen LogP contribution in [0.4, 0.5) is 11.4 Å². The van der Waals surface area contributed by atoms with Crippen LogP contribution < -0.4 is 14.4 Å². The Balaban J connectivity index is 2.04. The Hall–Kier alpha value is -3.07. The number of carbonyl (C=O) groups is 2. The van der Waals surface area contributed by atoms with Crippen LogP contribution in [0.25, 0.3) is 0 Å². The van der Waals surface area contributed by atoms with E-state index in [2.05, 4.69) is 5.32 Å². The number of amides is 1. The molecule has 0 aliphatic carbocycles. The van der Waals surface area contributed by atoms with E-state index in [1.54, 1.807) is 48.5 Å². The van der Waals surface area contributed by atoms with Gasteiger partial charge in [-0.15, -0.1) is 0 Å². The Kier molecular flexibility index (Phi) is 9.07. The van der Waals surface area contributed by atoms with Gasteiger partial charge in [0.2, 0.25) is 15.9 Å². The Morgan fingerprint density at radius 1 is 1.03 bits per heavy atom. The topological polar surface area (TPSA) is 102 Å². The number of sulfonamides is 1. The van der Waals surface area contributed by atoms with Crippen molar-refractivity contribution in [1.29, 1.82) is 0 Å². The molecule has 2 aromatic rings. The summed E-state index contributed by atoms with van der Waals surface area (Å²) in [7, 11) is -3.70. The second-order valence-electron chi connectivity index (χ2n) is 7.55. The van der Waals surface area contributed by atoms with Gasteiger partial charge in [-0.2, -0.15) is 0 Å². The number of rotatable bonds is 11. The highest BCUT2D eigenvalue weighted by Gasteiger charge is 2.21. The molecule has 0 bridgehead atoms. The third kappa shape index (κ3) is 7.88. The molecule has 0 aromatic heterocycles. The first-order valence-corrected chi connectivity index (χ1v) is 12.3. The Bertz CT molecular complexity index is 1000. The van der Waals surface area contributed by atoms with Crippen molar-refractivity contribution in [2.24, 2.45) is 0 Å². The van der Waals surface area contributed by atoms with E-state index in [9.17, 15) is 18.0 Å². The van der Waals surface area contributed by atoms with Crippen LogP contribution in [0, 0.1) is 0 Å². The number of esters is 1. The van der Waals surface area contributed by atoms with Gasteiger partial charge in [-0.3, -0.25) is 9.10 Å². The number of hydrogen-bond acceptors (Lipinski definition) is 6. The van der Waals surface area contributed by atoms with Crippen molar-refractivity contribution >= 4 is 33.3 Å². The first-order chi connectivity index (χ1) is 15.1. The highest BCUT2D eigenvalue weighted by molar-refractivity contribution is 7.92. The van der Waals surface area contributed by atoms with E-state index in [0.29, 0.717) is 29.3 Å². The molecular weight excluding hydrogens is 432 g/mol. The van der Waals surface area contributed by atoms with Gasteiger partial charge in [0, 0.05) is 5.69 Å². The maximum atomic E-state index is 12.5. The fourth-order valence-corrected chi connectivity index (χ4v) is 3.63. The van der Waals surface area contributed by atoms with Crippen LogP contribution in [0.3, 0.4) is 0 Å². The molecular formula is C23H30N2O6S. The second kappa shape index (κ2) is 11.5. The van der Waals surface area contributed by atoms with Gasteiger partial charge >= 0.3 is 5.97 Å². The van der Waals surface area contributed by atoms with Gasteiger partial charge in [-0.05, 0) is 68.8 Å². The Morgan fingerprint density at radius 2 is 1.66 bits per heavy atom. The highest BCUT2D eigenvalue weighted by atomic mass is 32.2. The molecule has 2 rings (SSSR count). The van der Waals surface area contributed by atoms with Gasteiger partial charge in [-0.25, -0.2) is 13.2 Å². The molecule has 0 saturated heterocycles. The minimum Gasteiger partial charge on any atom is -0.491 e. The molecule has 0 saturated carbocycles. The first-order valence-electron chi connectivity index (χ1n) is 10.4. The van der Waals surface area contributed by atoms with Crippen LogP contribution in [0.15, 0.2) is 48.5 Å². The average Bonchev–Trinajstić information content (AvgIpc) is 2.72. The van der Waals surface area contributed by atoms with Gasteiger partial charge in [0.05, 0.1) is 30.2 Å². The van der Waals surface area contributed by atoms with Crippen LogP contribution in [0.5, 0.6) is 5.75 Å². The fourth-order valence-electron chi connectivity index (χ4n) is 2.78. The molecule has 0 unspecified atom stereocenters. The number of carbonyl (C=O) groups excluding carboxylic acids is 2. The molecule has 9 heteroatoms. The van der Waals surface area contributed by atoms with Crippen molar-refractivity contribution in [3.63, 3.8) is 0 Å². The number of nitrogens with zero attached hydrogens (tertiary/aromatic N) is 1. The van der Waals surface area contributed by atoms with Gasteiger partial charge in [-0.1, -0.05) is 13.3 Å². The quantitative estimate of drug-likeness (QED) is 0.402. The molecule has 2 aromatic carbocycles. The number of hydrogen-bond donors (Lipinski definition) is 1. The summed E-state index contributed by atoms with van der Waals surface area (Å²) in [6.45, 7) is 5.75. The molecule has 32 heavy (non-hydrogen) atoms. The van der Waals surface area contributed by atoms with E-state index in [1.165, 1.54) is 0 Å². The third-order valence-corrected chi connectivity index (χ3v) is 5.46. The molecule has 8 nitrogen and oxygen atoms in total. The molecule has 0 heterocycles. The number of nitrogens with one attached hydrogen (secondary N) is 1. The van der Waals surface area contributed by atoms with Crippen molar-refractivity contribution in [2.45, 2.75) is 39.7 Å². The molecule has 0 spiro atoms. The van der Waals surface area contributed by atoms with Crippen LogP contribution >= 0.6 is 0 Å². The normalized spacial score (nSPS) is 11.2. The zero-order valence-corrected chi connectivity index (χ0v) is 19.6. The van der Waals surface area contributed by atoms with Crippen LogP contribution in [0.2, 0.25) is 0 Å². The Morgan fingerprint density at radius 3 is 2.19 bits per heavy atom. The lowest BCUT2D eigenvalue weighted by atomic mass is 10.2. The second-order valence-corrected chi connectivity index (χ2v) is 9.45. The van der Waals surface area contributed by atoms with Gasteiger partial charge in [0.25, 0.3) is 0 Å². The van der Waals surface area contributed by atoms with Gasteiger partial charge < -0.3 is 14.8 Å². The lowest BCUT2D eigenvalue weighted by Crippen LogP contribution is -2.37. The lowest BCUT2D eigenvalue weighted by Gasteiger charge is -2.22. The van der Waals surface area contributed by atoms with Gasteiger partial charge in [0.15, 0.2) is 0 Å². The predicted molar refractivity (Wildman–Crippen MR) is 125 cm³/mol. The van der Waals surface area contributed by atoms with E-state index in [-0.39, 0.29) is 6.10 Å². The van der Waals surface area contributed by atoms with Crippen LogP contribution in [-0.4, -0.2) is 45.8 Å².